The summed E-state index contributed by atoms with van der Waals surface area (Å²) in [7, 11) is 1.21. The van der Waals surface area contributed by atoms with E-state index in [4.69, 9.17) is 14.0 Å². The highest BCUT2D eigenvalue weighted by atomic mass is 16.7. The number of hydrogen-bond donors (Lipinski definition) is 0. The zero-order valence-corrected chi connectivity index (χ0v) is 15.2. The Hall–Kier alpha value is -1.85. The Morgan fingerprint density at radius 1 is 1.04 bits per heavy atom. The van der Waals surface area contributed by atoms with Gasteiger partial charge in [-0.05, 0) is 52.3 Å². The average Bonchev–Trinajstić information content (AvgIpc) is 2.75. The molecule has 2 heterocycles. The summed E-state index contributed by atoms with van der Waals surface area (Å²) >= 11 is 0. The van der Waals surface area contributed by atoms with Gasteiger partial charge in [-0.25, -0.2) is 0 Å². The number of hydrogen-bond acceptors (Lipinski definition) is 4. The number of aryl methyl sites for hydroxylation is 1. The lowest BCUT2D eigenvalue weighted by Gasteiger charge is -2.32. The lowest BCUT2D eigenvalue weighted by molar-refractivity contribution is 0.00578. The van der Waals surface area contributed by atoms with Gasteiger partial charge < -0.3 is 14.0 Å². The maximum Gasteiger partial charge on any atom is 0.498 e. The molecule has 3 rings (SSSR count). The van der Waals surface area contributed by atoms with Crippen LogP contribution in [0.15, 0.2) is 36.5 Å². The SMILES string of the molecule is COc1ccc(-c2cccnc2C)cc1B1OC(C)(C)C(C)(C)O1. The van der Waals surface area contributed by atoms with E-state index in [1.807, 2.05) is 25.1 Å². The second kappa shape index (κ2) is 5.90. The van der Waals surface area contributed by atoms with E-state index in [1.165, 1.54) is 0 Å². The van der Waals surface area contributed by atoms with Gasteiger partial charge in [0.15, 0.2) is 0 Å². The molecule has 1 aromatic heterocycles. The monoisotopic (exact) mass is 325 g/mol. The first-order valence-electron chi connectivity index (χ1n) is 8.21. The van der Waals surface area contributed by atoms with Crippen LogP contribution in [0.3, 0.4) is 0 Å². The predicted octanol–water partition coefficient (Wildman–Crippen LogP) is 3.36. The lowest BCUT2D eigenvalue weighted by atomic mass is 9.77. The minimum Gasteiger partial charge on any atom is -0.497 e. The second-order valence-electron chi connectivity index (χ2n) is 7.18. The predicted molar refractivity (Wildman–Crippen MR) is 96.7 cm³/mol. The third kappa shape index (κ3) is 2.83. The van der Waals surface area contributed by atoms with Crippen LogP contribution in [0, 0.1) is 6.92 Å². The molecule has 0 amide bonds. The third-order valence-corrected chi connectivity index (χ3v) is 5.05. The number of pyridine rings is 1. The first-order chi connectivity index (χ1) is 11.2. The molecule has 1 fully saturated rings. The van der Waals surface area contributed by atoms with Crippen LogP contribution < -0.4 is 10.2 Å². The number of rotatable bonds is 3. The van der Waals surface area contributed by atoms with E-state index in [1.54, 1.807) is 13.3 Å². The van der Waals surface area contributed by atoms with Gasteiger partial charge in [-0.15, -0.1) is 0 Å². The molecule has 2 aromatic rings. The van der Waals surface area contributed by atoms with Crippen LogP contribution in [0.2, 0.25) is 0 Å². The summed E-state index contributed by atoms with van der Waals surface area (Å²) in [5.41, 5.74) is 3.29. The molecule has 0 unspecified atom stereocenters. The van der Waals surface area contributed by atoms with Crippen LogP contribution in [0.4, 0.5) is 0 Å². The van der Waals surface area contributed by atoms with Crippen molar-refractivity contribution in [2.75, 3.05) is 7.11 Å². The van der Waals surface area contributed by atoms with Crippen molar-refractivity contribution in [1.82, 2.24) is 4.98 Å². The van der Waals surface area contributed by atoms with Gasteiger partial charge in [-0.3, -0.25) is 4.98 Å². The zero-order chi connectivity index (χ0) is 17.5. The quantitative estimate of drug-likeness (QED) is 0.812. The standard InChI is InChI=1S/C19H24BNO3/c1-13-15(8-7-11-21-13)14-9-10-17(22-6)16(12-14)20-23-18(2,3)19(4,5)24-20/h7-12H,1-6H3. The highest BCUT2D eigenvalue weighted by Gasteiger charge is 2.52. The van der Waals surface area contributed by atoms with Gasteiger partial charge in [0.2, 0.25) is 0 Å². The summed E-state index contributed by atoms with van der Waals surface area (Å²) < 4.78 is 17.9. The Balaban J connectivity index is 2.05. The molecule has 1 aliphatic heterocycles. The normalized spacial score (nSPS) is 18.7. The molecule has 0 bridgehead atoms. The average molecular weight is 325 g/mol. The Kier molecular flexibility index (Phi) is 4.18. The van der Waals surface area contributed by atoms with Crippen molar-refractivity contribution >= 4 is 12.6 Å². The third-order valence-electron chi connectivity index (χ3n) is 5.05. The van der Waals surface area contributed by atoms with E-state index in [0.717, 1.165) is 28.0 Å². The first kappa shape index (κ1) is 17.0. The fourth-order valence-electron chi connectivity index (χ4n) is 2.85. The fourth-order valence-corrected chi connectivity index (χ4v) is 2.85. The summed E-state index contributed by atoms with van der Waals surface area (Å²) in [5, 5.41) is 0. The van der Waals surface area contributed by atoms with Crippen LogP contribution in [0.5, 0.6) is 5.75 Å². The Labute approximate surface area is 144 Å². The summed E-state index contributed by atoms with van der Waals surface area (Å²) in [4.78, 5) is 4.38. The molecule has 5 heteroatoms. The molecule has 0 atom stereocenters. The zero-order valence-electron chi connectivity index (χ0n) is 15.2. The molecule has 126 valence electrons. The van der Waals surface area contributed by atoms with Crippen LogP contribution in [0.25, 0.3) is 11.1 Å². The maximum absolute atomic E-state index is 6.20. The van der Waals surface area contributed by atoms with Gasteiger partial charge in [0.1, 0.15) is 5.75 Å². The fraction of sp³-hybridized carbons (Fsp3) is 0.421. The highest BCUT2D eigenvalue weighted by Crippen LogP contribution is 2.37. The number of nitrogens with zero attached hydrogens (tertiary/aromatic N) is 1. The van der Waals surface area contributed by atoms with E-state index in [0.29, 0.717) is 0 Å². The second-order valence-corrected chi connectivity index (χ2v) is 7.18. The molecule has 4 nitrogen and oxygen atoms in total. The Morgan fingerprint density at radius 3 is 2.29 bits per heavy atom. The molecular weight excluding hydrogens is 301 g/mol. The van der Waals surface area contributed by atoms with Crippen LogP contribution >= 0.6 is 0 Å². The summed E-state index contributed by atoms with van der Waals surface area (Å²) in [6.07, 6.45) is 1.80. The van der Waals surface area contributed by atoms with Gasteiger partial charge in [0.05, 0.1) is 18.3 Å². The largest absolute Gasteiger partial charge is 0.498 e. The van der Waals surface area contributed by atoms with E-state index in [-0.39, 0.29) is 11.2 Å². The van der Waals surface area contributed by atoms with Crippen molar-refractivity contribution < 1.29 is 14.0 Å². The number of methoxy groups -OCH3 is 1. The molecule has 0 spiro atoms. The summed E-state index contributed by atoms with van der Waals surface area (Å²) in [6.45, 7) is 10.2. The van der Waals surface area contributed by atoms with Gasteiger partial charge in [-0.1, -0.05) is 18.2 Å². The number of aromatic nitrogens is 1. The van der Waals surface area contributed by atoms with E-state index in [9.17, 15) is 0 Å². The molecule has 24 heavy (non-hydrogen) atoms. The van der Waals surface area contributed by atoms with E-state index in [2.05, 4.69) is 44.8 Å². The van der Waals surface area contributed by atoms with Crippen molar-refractivity contribution in [1.29, 1.82) is 0 Å². The summed E-state index contributed by atoms with van der Waals surface area (Å²) in [6, 6.07) is 10.1. The first-order valence-corrected chi connectivity index (χ1v) is 8.21. The van der Waals surface area contributed by atoms with Crippen molar-refractivity contribution in [3.8, 4) is 16.9 Å². The molecule has 0 N–H and O–H groups in total. The minimum atomic E-state index is -0.457. The molecule has 1 saturated heterocycles. The molecule has 0 aliphatic carbocycles. The van der Waals surface area contributed by atoms with Crippen LogP contribution in [-0.4, -0.2) is 30.4 Å². The maximum atomic E-state index is 6.20. The minimum absolute atomic E-state index is 0.386. The van der Waals surface area contributed by atoms with E-state index < -0.39 is 7.12 Å². The van der Waals surface area contributed by atoms with Gasteiger partial charge in [-0.2, -0.15) is 0 Å². The van der Waals surface area contributed by atoms with Crippen molar-refractivity contribution in [3.63, 3.8) is 0 Å². The molecular formula is C19H24BNO3. The number of ether oxygens (including phenoxy) is 1. The van der Waals surface area contributed by atoms with Crippen molar-refractivity contribution in [2.24, 2.45) is 0 Å². The van der Waals surface area contributed by atoms with Gasteiger partial charge in [0.25, 0.3) is 0 Å². The molecule has 1 aliphatic rings. The Morgan fingerprint density at radius 2 is 1.71 bits per heavy atom. The van der Waals surface area contributed by atoms with Crippen molar-refractivity contribution in [3.05, 3.63) is 42.2 Å². The lowest BCUT2D eigenvalue weighted by Crippen LogP contribution is -2.41. The molecule has 0 saturated carbocycles. The van der Waals surface area contributed by atoms with Crippen molar-refractivity contribution in [2.45, 2.75) is 45.8 Å². The number of benzene rings is 1. The topological polar surface area (TPSA) is 40.6 Å². The smallest absolute Gasteiger partial charge is 0.497 e. The summed E-state index contributed by atoms with van der Waals surface area (Å²) in [5.74, 6) is 0.763. The van der Waals surface area contributed by atoms with Crippen LogP contribution in [-0.2, 0) is 9.31 Å². The molecule has 0 radical (unpaired) electrons. The Bertz CT molecular complexity index is 742. The van der Waals surface area contributed by atoms with Crippen LogP contribution in [0.1, 0.15) is 33.4 Å². The van der Waals surface area contributed by atoms with E-state index >= 15 is 0 Å². The van der Waals surface area contributed by atoms with Gasteiger partial charge >= 0.3 is 7.12 Å². The highest BCUT2D eigenvalue weighted by molar-refractivity contribution is 6.63. The molecule has 1 aromatic carbocycles. The van der Waals surface area contributed by atoms with Gasteiger partial charge in [0, 0.05) is 22.9 Å².